The second kappa shape index (κ2) is 6.33. The van der Waals surface area contributed by atoms with E-state index in [1.807, 2.05) is 6.92 Å². The number of hydrogen-bond acceptors (Lipinski definition) is 4. The van der Waals surface area contributed by atoms with Gasteiger partial charge in [0.05, 0.1) is 6.54 Å². The summed E-state index contributed by atoms with van der Waals surface area (Å²) in [6.07, 6.45) is -1.31. The minimum atomic E-state index is -1.55. The number of amides is 1. The first-order chi connectivity index (χ1) is 6.47. The fourth-order valence-electron chi connectivity index (χ4n) is 0.770. The molecule has 0 fully saturated rings. The lowest BCUT2D eigenvalue weighted by Gasteiger charge is -2.10. The van der Waals surface area contributed by atoms with Crippen LogP contribution >= 0.6 is 0 Å². The lowest BCUT2D eigenvalue weighted by molar-refractivity contribution is -0.146. The van der Waals surface area contributed by atoms with Crippen molar-refractivity contribution in [3.63, 3.8) is 0 Å². The van der Waals surface area contributed by atoms with Gasteiger partial charge in [-0.1, -0.05) is 6.92 Å². The average Bonchev–Trinajstić information content (AvgIpc) is 2.13. The summed E-state index contributed by atoms with van der Waals surface area (Å²) in [5.41, 5.74) is 5.30. The number of carbonyl (C=O) groups excluding carboxylic acids is 1. The first-order valence-corrected chi connectivity index (χ1v) is 4.35. The molecule has 0 heterocycles. The maximum atomic E-state index is 11.1. The van der Waals surface area contributed by atoms with E-state index in [1.54, 1.807) is 0 Å². The van der Waals surface area contributed by atoms with E-state index >= 15 is 0 Å². The zero-order chi connectivity index (χ0) is 11.1. The topological polar surface area (TPSA) is 113 Å². The van der Waals surface area contributed by atoms with Crippen molar-refractivity contribution in [2.24, 2.45) is 11.7 Å². The molecule has 0 aliphatic carbocycles. The van der Waals surface area contributed by atoms with Crippen LogP contribution in [0.3, 0.4) is 0 Å². The third kappa shape index (κ3) is 5.50. The number of aliphatic hydroxyl groups is 1. The maximum absolute atomic E-state index is 11.1. The highest BCUT2D eigenvalue weighted by molar-refractivity contribution is 5.78. The number of carboxylic acid groups (broad SMARTS) is 1. The summed E-state index contributed by atoms with van der Waals surface area (Å²) in [7, 11) is 0. The van der Waals surface area contributed by atoms with E-state index in [0.717, 1.165) is 0 Å². The molecule has 0 saturated heterocycles. The second-order valence-corrected chi connectivity index (χ2v) is 3.20. The second-order valence-electron chi connectivity index (χ2n) is 3.20. The Morgan fingerprint density at radius 2 is 2.07 bits per heavy atom. The number of aliphatic hydroxyl groups excluding tert-OH is 1. The molecule has 5 N–H and O–H groups in total. The normalized spacial score (nSPS) is 14.5. The van der Waals surface area contributed by atoms with Gasteiger partial charge in [-0.2, -0.15) is 0 Å². The molecule has 0 rings (SSSR count). The van der Waals surface area contributed by atoms with E-state index in [2.05, 4.69) is 5.32 Å². The highest BCUT2D eigenvalue weighted by atomic mass is 16.4. The molecule has 82 valence electrons. The molecule has 2 atom stereocenters. The summed E-state index contributed by atoms with van der Waals surface area (Å²) < 4.78 is 0. The highest BCUT2D eigenvalue weighted by Crippen LogP contribution is 1.97. The molecule has 6 heteroatoms. The molecule has 6 nitrogen and oxygen atoms in total. The molecular weight excluding hydrogens is 188 g/mol. The Balaban J connectivity index is 3.69. The number of hydrogen-bond donors (Lipinski definition) is 4. The molecule has 0 aromatic rings. The van der Waals surface area contributed by atoms with Crippen LogP contribution in [0.15, 0.2) is 0 Å². The van der Waals surface area contributed by atoms with Gasteiger partial charge in [0, 0.05) is 6.42 Å². The summed E-state index contributed by atoms with van der Waals surface area (Å²) in [6, 6.07) is 0. The van der Waals surface area contributed by atoms with Gasteiger partial charge in [0.1, 0.15) is 0 Å². The fraction of sp³-hybridized carbons (Fsp3) is 0.750. The summed E-state index contributed by atoms with van der Waals surface area (Å²) in [4.78, 5) is 21.2. The van der Waals surface area contributed by atoms with E-state index in [4.69, 9.17) is 15.9 Å². The Bertz CT molecular complexity index is 208. The Hall–Kier alpha value is -1.14. The van der Waals surface area contributed by atoms with Crippen LogP contribution in [0.25, 0.3) is 0 Å². The molecule has 0 saturated carbocycles. The SMILES string of the molecule is CC(CN)CC(=O)NCC(O)C(=O)O. The lowest BCUT2D eigenvalue weighted by Crippen LogP contribution is -2.37. The van der Waals surface area contributed by atoms with E-state index in [0.29, 0.717) is 6.54 Å². The Morgan fingerprint density at radius 3 is 2.50 bits per heavy atom. The van der Waals surface area contributed by atoms with Crippen LogP contribution in [0.4, 0.5) is 0 Å². The quantitative estimate of drug-likeness (QED) is 0.422. The molecule has 0 aromatic heterocycles. The number of carboxylic acids is 1. The minimum Gasteiger partial charge on any atom is -0.479 e. The van der Waals surface area contributed by atoms with Gasteiger partial charge in [-0.05, 0) is 12.5 Å². The Kier molecular flexibility index (Phi) is 5.82. The summed E-state index contributed by atoms with van der Waals surface area (Å²) >= 11 is 0. The molecule has 0 aliphatic rings. The van der Waals surface area contributed by atoms with Crippen molar-refractivity contribution in [2.45, 2.75) is 19.4 Å². The van der Waals surface area contributed by atoms with Crippen LogP contribution in [0, 0.1) is 5.92 Å². The van der Waals surface area contributed by atoms with E-state index in [-0.39, 0.29) is 24.8 Å². The molecule has 1 amide bonds. The van der Waals surface area contributed by atoms with Gasteiger partial charge in [-0.25, -0.2) is 4.79 Å². The molecule has 2 unspecified atom stereocenters. The zero-order valence-electron chi connectivity index (χ0n) is 8.06. The fourth-order valence-corrected chi connectivity index (χ4v) is 0.770. The van der Waals surface area contributed by atoms with Crippen molar-refractivity contribution in [2.75, 3.05) is 13.1 Å². The number of rotatable bonds is 6. The van der Waals surface area contributed by atoms with Crippen LogP contribution in [0.5, 0.6) is 0 Å². The molecule has 0 aliphatic heterocycles. The molecule has 0 bridgehead atoms. The minimum absolute atomic E-state index is 0.0528. The van der Waals surface area contributed by atoms with Gasteiger partial charge in [0.15, 0.2) is 6.10 Å². The molecular formula is C8H16N2O4. The number of nitrogens with one attached hydrogen (secondary N) is 1. The number of nitrogens with two attached hydrogens (primary N) is 1. The lowest BCUT2D eigenvalue weighted by atomic mass is 10.1. The maximum Gasteiger partial charge on any atom is 0.334 e. The number of aliphatic carboxylic acids is 1. The van der Waals surface area contributed by atoms with Crippen LogP contribution in [-0.2, 0) is 9.59 Å². The predicted octanol–water partition coefficient (Wildman–Crippen LogP) is -1.47. The van der Waals surface area contributed by atoms with E-state index in [1.165, 1.54) is 0 Å². The van der Waals surface area contributed by atoms with Crippen LogP contribution in [-0.4, -0.2) is 41.3 Å². The van der Waals surface area contributed by atoms with Gasteiger partial charge < -0.3 is 21.3 Å². The average molecular weight is 204 g/mol. The third-order valence-corrected chi connectivity index (χ3v) is 1.71. The highest BCUT2D eigenvalue weighted by Gasteiger charge is 2.14. The Morgan fingerprint density at radius 1 is 1.50 bits per heavy atom. The van der Waals surface area contributed by atoms with Crippen molar-refractivity contribution in [1.29, 1.82) is 0 Å². The van der Waals surface area contributed by atoms with Crippen molar-refractivity contribution in [3.8, 4) is 0 Å². The largest absolute Gasteiger partial charge is 0.479 e. The molecule has 0 aromatic carbocycles. The van der Waals surface area contributed by atoms with Gasteiger partial charge in [-0.15, -0.1) is 0 Å². The molecule has 0 radical (unpaired) electrons. The zero-order valence-corrected chi connectivity index (χ0v) is 8.06. The first-order valence-electron chi connectivity index (χ1n) is 4.35. The van der Waals surface area contributed by atoms with Crippen molar-refractivity contribution < 1.29 is 19.8 Å². The summed E-state index contributed by atoms with van der Waals surface area (Å²) in [6.45, 7) is 1.94. The van der Waals surface area contributed by atoms with Gasteiger partial charge >= 0.3 is 5.97 Å². The van der Waals surface area contributed by atoms with Gasteiger partial charge in [0.25, 0.3) is 0 Å². The summed E-state index contributed by atoms with van der Waals surface area (Å²) in [5.74, 6) is -1.60. The summed E-state index contributed by atoms with van der Waals surface area (Å²) in [5, 5.41) is 19.4. The first kappa shape index (κ1) is 12.9. The predicted molar refractivity (Wildman–Crippen MR) is 49.5 cm³/mol. The third-order valence-electron chi connectivity index (χ3n) is 1.71. The van der Waals surface area contributed by atoms with Crippen LogP contribution < -0.4 is 11.1 Å². The number of carbonyl (C=O) groups is 2. The van der Waals surface area contributed by atoms with Gasteiger partial charge in [-0.3, -0.25) is 4.79 Å². The van der Waals surface area contributed by atoms with Gasteiger partial charge in [0.2, 0.25) is 5.91 Å². The standard InChI is InChI=1S/C8H16N2O4/c1-5(3-9)2-7(12)10-4-6(11)8(13)14/h5-6,11H,2-4,9H2,1H3,(H,10,12)(H,13,14). The molecule has 0 spiro atoms. The van der Waals surface area contributed by atoms with E-state index < -0.39 is 12.1 Å². The smallest absolute Gasteiger partial charge is 0.334 e. The van der Waals surface area contributed by atoms with E-state index in [9.17, 15) is 9.59 Å². The van der Waals surface area contributed by atoms with Crippen LogP contribution in [0.2, 0.25) is 0 Å². The van der Waals surface area contributed by atoms with Crippen LogP contribution in [0.1, 0.15) is 13.3 Å². The molecule has 14 heavy (non-hydrogen) atoms. The van der Waals surface area contributed by atoms with Crippen molar-refractivity contribution in [1.82, 2.24) is 5.32 Å². The van der Waals surface area contributed by atoms with Crippen molar-refractivity contribution >= 4 is 11.9 Å². The van der Waals surface area contributed by atoms with Crippen molar-refractivity contribution in [3.05, 3.63) is 0 Å². The Labute approximate surface area is 82.1 Å². The monoisotopic (exact) mass is 204 g/mol.